The van der Waals surface area contributed by atoms with Crippen molar-refractivity contribution in [3.63, 3.8) is 0 Å². The second kappa shape index (κ2) is 8.11. The minimum atomic E-state index is -2.51. The van der Waals surface area contributed by atoms with Crippen LogP contribution >= 0.6 is 0 Å². The van der Waals surface area contributed by atoms with Gasteiger partial charge in [-0.25, -0.2) is 0 Å². The number of methoxy groups -OCH3 is 1. The molecule has 0 aliphatic rings. The van der Waals surface area contributed by atoms with E-state index in [1.165, 1.54) is 19.8 Å². The molecular formula is C12H24O4Se. The van der Waals surface area contributed by atoms with Crippen molar-refractivity contribution in [1.29, 1.82) is 0 Å². The van der Waals surface area contributed by atoms with E-state index in [9.17, 15) is 8.94 Å². The Morgan fingerprint density at radius 1 is 1.47 bits per heavy atom. The van der Waals surface area contributed by atoms with Crippen molar-refractivity contribution >= 4 is 14.2 Å². The van der Waals surface area contributed by atoms with E-state index in [4.69, 9.17) is 8.56 Å². The minimum absolute atomic E-state index is 0.254. The molecule has 0 heterocycles. The Bertz CT molecular complexity index is 270. The molecule has 0 spiro atoms. The van der Waals surface area contributed by atoms with Crippen LogP contribution in [0.4, 0.5) is 0 Å². The van der Waals surface area contributed by atoms with Gasteiger partial charge in [0.05, 0.1) is 0 Å². The molecule has 0 saturated heterocycles. The second-order valence-corrected chi connectivity index (χ2v) is 7.53. The van der Waals surface area contributed by atoms with E-state index in [2.05, 4.69) is 6.08 Å². The van der Waals surface area contributed by atoms with Crippen LogP contribution in [0.15, 0.2) is 11.6 Å². The molecule has 3 unspecified atom stereocenters. The number of hydrogen-bond donors (Lipinski definition) is 1. The van der Waals surface area contributed by atoms with E-state index >= 15 is 0 Å². The summed E-state index contributed by atoms with van der Waals surface area (Å²) < 4.78 is 21.7. The Morgan fingerprint density at radius 2 is 2.06 bits per heavy atom. The maximum absolute atomic E-state index is 11.8. The van der Waals surface area contributed by atoms with Crippen LogP contribution in [0.25, 0.3) is 0 Å². The Kier molecular flexibility index (Phi) is 8.08. The fourth-order valence-electron chi connectivity index (χ4n) is 1.52. The molecule has 17 heavy (non-hydrogen) atoms. The van der Waals surface area contributed by atoms with Crippen LogP contribution in [-0.2, 0) is 12.4 Å². The first-order valence-corrected chi connectivity index (χ1v) is 8.03. The van der Waals surface area contributed by atoms with Crippen molar-refractivity contribution in [2.75, 3.05) is 20.8 Å². The molecule has 3 atom stereocenters. The zero-order chi connectivity index (χ0) is 13.5. The number of allylic oxidation sites excluding steroid dienone is 2. The Hall–Kier alpha value is -0.0605. The molecule has 0 fully saturated rings. The Morgan fingerprint density at radius 3 is 2.47 bits per heavy atom. The molecule has 5 heteroatoms. The average molecular weight is 311 g/mol. The quantitative estimate of drug-likeness (QED) is 0.551. The predicted octanol–water partition coefficient (Wildman–Crippen LogP) is 2.07. The summed E-state index contributed by atoms with van der Waals surface area (Å²) in [5, 5.41) is 10.4. The monoisotopic (exact) mass is 312 g/mol. The predicted molar refractivity (Wildman–Crippen MR) is 68.4 cm³/mol. The van der Waals surface area contributed by atoms with Gasteiger partial charge in [0.25, 0.3) is 0 Å². The summed E-state index contributed by atoms with van der Waals surface area (Å²) in [6.45, 7) is 5.98. The molecule has 0 radical (unpaired) electrons. The molecule has 1 N–H and O–H groups in total. The van der Waals surface area contributed by atoms with Gasteiger partial charge in [-0.2, -0.15) is 0 Å². The van der Waals surface area contributed by atoms with Gasteiger partial charge in [0.2, 0.25) is 0 Å². The van der Waals surface area contributed by atoms with E-state index in [-0.39, 0.29) is 6.61 Å². The Balaban J connectivity index is 4.59. The van der Waals surface area contributed by atoms with Crippen LogP contribution in [0.5, 0.6) is 0 Å². The Labute approximate surface area is 108 Å². The first-order valence-electron chi connectivity index (χ1n) is 5.65. The van der Waals surface area contributed by atoms with Crippen molar-refractivity contribution in [2.24, 2.45) is 0 Å². The maximum atomic E-state index is 11.8. The van der Waals surface area contributed by atoms with Gasteiger partial charge in [0.1, 0.15) is 0 Å². The molecule has 0 aliphatic heterocycles. The zero-order valence-electron chi connectivity index (χ0n) is 11.4. The van der Waals surface area contributed by atoms with Crippen molar-refractivity contribution < 1.29 is 17.5 Å². The second-order valence-electron chi connectivity index (χ2n) is 4.55. The molecule has 4 nitrogen and oxygen atoms in total. The van der Waals surface area contributed by atoms with Crippen LogP contribution in [0.3, 0.4) is 0 Å². The summed E-state index contributed by atoms with van der Waals surface area (Å²) in [5.74, 6) is 0. The molecule has 0 aliphatic carbocycles. The molecule has 0 aromatic heterocycles. The first-order chi connectivity index (χ1) is 7.85. The normalized spacial score (nSPS) is 18.2. The molecule has 0 bridgehead atoms. The summed E-state index contributed by atoms with van der Waals surface area (Å²) in [4.78, 5) is -0.442. The summed E-state index contributed by atoms with van der Waals surface area (Å²) in [5.41, 5.74) is 0.190. The fourth-order valence-corrected chi connectivity index (χ4v) is 3.65. The van der Waals surface area contributed by atoms with Gasteiger partial charge in [-0.05, 0) is 0 Å². The third-order valence-electron chi connectivity index (χ3n) is 2.61. The van der Waals surface area contributed by atoms with Gasteiger partial charge < -0.3 is 0 Å². The summed E-state index contributed by atoms with van der Waals surface area (Å²) in [6, 6.07) is 0. The van der Waals surface area contributed by atoms with Crippen molar-refractivity contribution in [2.45, 2.75) is 44.0 Å². The van der Waals surface area contributed by atoms with E-state index in [0.717, 1.165) is 6.42 Å². The van der Waals surface area contributed by atoms with Crippen LogP contribution in [0, 0.1) is 0 Å². The van der Waals surface area contributed by atoms with Gasteiger partial charge in [0.15, 0.2) is 0 Å². The average Bonchev–Trinajstić information content (AvgIpc) is 2.23. The van der Waals surface area contributed by atoms with E-state index in [1.54, 1.807) is 6.92 Å². The first kappa shape index (κ1) is 16.9. The third kappa shape index (κ3) is 6.43. The van der Waals surface area contributed by atoms with Crippen molar-refractivity contribution in [3.05, 3.63) is 11.6 Å². The number of rotatable bonds is 8. The standard InChI is InChI=1S/C12H24O4Se/c1-10(2)7-6-8-12(3,13)11(9-15-4)17(14)16-5/h7,11,13H,6,8-9H2,1-5H3. The van der Waals surface area contributed by atoms with Gasteiger partial charge in [0, 0.05) is 0 Å². The molecule has 0 aromatic carbocycles. The molecule has 0 aromatic rings. The van der Waals surface area contributed by atoms with E-state index < -0.39 is 24.6 Å². The van der Waals surface area contributed by atoms with Crippen molar-refractivity contribution in [1.82, 2.24) is 0 Å². The van der Waals surface area contributed by atoms with Crippen LogP contribution in [-0.4, -0.2) is 45.7 Å². The van der Waals surface area contributed by atoms with Crippen LogP contribution < -0.4 is 0 Å². The molecular weight excluding hydrogens is 287 g/mol. The SMILES string of the molecule is COCC([Se](=O)OC)C(C)(O)CCC=C(C)C. The molecule has 102 valence electrons. The number of hydrogen-bond acceptors (Lipinski definition) is 4. The van der Waals surface area contributed by atoms with Gasteiger partial charge in [-0.15, -0.1) is 0 Å². The van der Waals surface area contributed by atoms with Crippen LogP contribution in [0.2, 0.25) is 4.82 Å². The van der Waals surface area contributed by atoms with Gasteiger partial charge in [-0.1, -0.05) is 0 Å². The van der Waals surface area contributed by atoms with Crippen LogP contribution in [0.1, 0.15) is 33.6 Å². The summed E-state index contributed by atoms with van der Waals surface area (Å²) in [6.07, 6.45) is 3.38. The molecule has 0 saturated carbocycles. The third-order valence-corrected chi connectivity index (χ3v) is 5.63. The summed E-state index contributed by atoms with van der Waals surface area (Å²) >= 11 is -2.51. The fraction of sp³-hybridized carbons (Fsp3) is 0.833. The van der Waals surface area contributed by atoms with E-state index in [1.807, 2.05) is 13.8 Å². The molecule has 0 amide bonds. The topological polar surface area (TPSA) is 55.8 Å². The van der Waals surface area contributed by atoms with Crippen molar-refractivity contribution in [3.8, 4) is 0 Å². The number of ether oxygens (including phenoxy) is 1. The van der Waals surface area contributed by atoms with Gasteiger partial charge >= 0.3 is 108 Å². The zero-order valence-corrected chi connectivity index (χ0v) is 13.1. The molecule has 0 rings (SSSR count). The van der Waals surface area contributed by atoms with Gasteiger partial charge in [-0.3, -0.25) is 0 Å². The summed E-state index contributed by atoms with van der Waals surface area (Å²) in [7, 11) is 2.94. The van der Waals surface area contributed by atoms with E-state index in [0.29, 0.717) is 6.42 Å². The number of aliphatic hydroxyl groups is 1.